The van der Waals surface area contributed by atoms with E-state index in [1.807, 2.05) is 30.6 Å². The third-order valence-electron chi connectivity index (χ3n) is 3.16. The molecule has 1 aromatic carbocycles. The maximum atomic E-state index is 6.20. The second-order valence-electron chi connectivity index (χ2n) is 4.57. The van der Waals surface area contributed by atoms with Gasteiger partial charge < -0.3 is 5.32 Å². The minimum absolute atomic E-state index is 0.164. The van der Waals surface area contributed by atoms with Gasteiger partial charge in [0.1, 0.15) is 0 Å². The Morgan fingerprint density at radius 1 is 1.26 bits per heavy atom. The first-order valence-corrected chi connectivity index (χ1v) is 6.91. The van der Waals surface area contributed by atoms with Crippen molar-refractivity contribution < 1.29 is 0 Å². The summed E-state index contributed by atoms with van der Waals surface area (Å²) in [5, 5.41) is 4.81. The topological polar surface area (TPSA) is 24.9 Å². The summed E-state index contributed by atoms with van der Waals surface area (Å²) in [5.41, 5.74) is 3.48. The van der Waals surface area contributed by atoms with Gasteiger partial charge in [0, 0.05) is 35.0 Å². The molecule has 2 aromatic rings. The van der Waals surface area contributed by atoms with Crippen LogP contribution in [0.2, 0.25) is 10.0 Å². The van der Waals surface area contributed by atoms with Crippen molar-refractivity contribution in [1.82, 2.24) is 10.3 Å². The minimum atomic E-state index is 0.164. The first kappa shape index (κ1) is 14.3. The number of benzene rings is 1. The number of rotatable bonds is 4. The van der Waals surface area contributed by atoms with Crippen molar-refractivity contribution in [2.24, 2.45) is 0 Å². The van der Waals surface area contributed by atoms with Crippen molar-refractivity contribution in [3.63, 3.8) is 0 Å². The average Bonchev–Trinajstić information content (AvgIpc) is 2.37. The number of halogens is 2. The number of nitrogens with zero attached hydrogens (tertiary/aromatic N) is 1. The highest BCUT2D eigenvalue weighted by Crippen LogP contribution is 2.26. The molecule has 1 aromatic heterocycles. The SMILES string of the molecule is Cc1cnccc1CNC(C)c1ccc(Cl)cc1Cl. The van der Waals surface area contributed by atoms with E-state index in [-0.39, 0.29) is 6.04 Å². The third kappa shape index (κ3) is 3.69. The van der Waals surface area contributed by atoms with Crippen LogP contribution >= 0.6 is 23.2 Å². The smallest absolute Gasteiger partial charge is 0.0468 e. The van der Waals surface area contributed by atoms with E-state index in [0.717, 1.165) is 12.1 Å². The van der Waals surface area contributed by atoms with E-state index in [2.05, 4.69) is 24.1 Å². The number of aryl methyl sites for hydroxylation is 1. The molecule has 0 saturated carbocycles. The molecule has 0 aliphatic heterocycles. The zero-order valence-corrected chi connectivity index (χ0v) is 12.5. The lowest BCUT2D eigenvalue weighted by atomic mass is 10.1. The Morgan fingerprint density at radius 2 is 2.05 bits per heavy atom. The molecular weight excluding hydrogens is 279 g/mol. The van der Waals surface area contributed by atoms with Crippen molar-refractivity contribution >= 4 is 23.2 Å². The molecule has 0 aliphatic carbocycles. The summed E-state index contributed by atoms with van der Waals surface area (Å²) < 4.78 is 0. The summed E-state index contributed by atoms with van der Waals surface area (Å²) in [6, 6.07) is 7.78. The molecule has 2 nitrogen and oxygen atoms in total. The highest BCUT2D eigenvalue weighted by atomic mass is 35.5. The van der Waals surface area contributed by atoms with Crippen LogP contribution in [-0.2, 0) is 6.54 Å². The lowest BCUT2D eigenvalue weighted by molar-refractivity contribution is 0.573. The highest BCUT2D eigenvalue weighted by Gasteiger charge is 2.10. The first-order chi connectivity index (χ1) is 9.08. The van der Waals surface area contributed by atoms with E-state index in [0.29, 0.717) is 10.0 Å². The predicted octanol–water partition coefficient (Wildman–Crippen LogP) is 4.55. The molecule has 4 heteroatoms. The second-order valence-corrected chi connectivity index (χ2v) is 5.41. The van der Waals surface area contributed by atoms with E-state index < -0.39 is 0 Å². The molecule has 0 radical (unpaired) electrons. The van der Waals surface area contributed by atoms with Crippen LogP contribution in [0.4, 0.5) is 0 Å². The zero-order chi connectivity index (χ0) is 13.8. The van der Waals surface area contributed by atoms with Gasteiger partial charge in [-0.25, -0.2) is 0 Å². The molecule has 2 rings (SSSR count). The quantitative estimate of drug-likeness (QED) is 0.895. The van der Waals surface area contributed by atoms with Crippen molar-refractivity contribution in [2.45, 2.75) is 26.4 Å². The average molecular weight is 295 g/mol. The molecule has 1 unspecified atom stereocenters. The number of aromatic nitrogens is 1. The van der Waals surface area contributed by atoms with Gasteiger partial charge in [-0.15, -0.1) is 0 Å². The van der Waals surface area contributed by atoms with Crippen LogP contribution < -0.4 is 5.32 Å². The molecule has 0 bridgehead atoms. The van der Waals surface area contributed by atoms with Gasteiger partial charge in [-0.2, -0.15) is 0 Å². The highest BCUT2D eigenvalue weighted by molar-refractivity contribution is 6.35. The Morgan fingerprint density at radius 3 is 2.74 bits per heavy atom. The minimum Gasteiger partial charge on any atom is -0.306 e. The zero-order valence-electron chi connectivity index (χ0n) is 11.0. The van der Waals surface area contributed by atoms with Crippen molar-refractivity contribution in [3.8, 4) is 0 Å². The number of pyridine rings is 1. The van der Waals surface area contributed by atoms with E-state index in [9.17, 15) is 0 Å². The van der Waals surface area contributed by atoms with Gasteiger partial charge in [0.2, 0.25) is 0 Å². The van der Waals surface area contributed by atoms with Gasteiger partial charge >= 0.3 is 0 Å². The molecule has 1 heterocycles. The maximum Gasteiger partial charge on any atom is 0.0468 e. The standard InChI is InChI=1S/C15H16Cl2N2/c1-10-8-18-6-5-12(10)9-19-11(2)14-4-3-13(16)7-15(14)17/h3-8,11,19H,9H2,1-2H3. The molecule has 100 valence electrons. The van der Waals surface area contributed by atoms with Crippen LogP contribution in [0, 0.1) is 6.92 Å². The van der Waals surface area contributed by atoms with E-state index in [1.165, 1.54) is 11.1 Å². The molecule has 1 atom stereocenters. The van der Waals surface area contributed by atoms with Crippen LogP contribution in [-0.4, -0.2) is 4.98 Å². The van der Waals surface area contributed by atoms with Gasteiger partial charge in [0.05, 0.1) is 0 Å². The number of hydrogen-bond acceptors (Lipinski definition) is 2. The lowest BCUT2D eigenvalue weighted by Crippen LogP contribution is -2.19. The Bertz CT molecular complexity index is 570. The maximum absolute atomic E-state index is 6.20. The third-order valence-corrected chi connectivity index (χ3v) is 3.73. The molecule has 0 spiro atoms. The molecular formula is C15H16Cl2N2. The summed E-state index contributed by atoms with van der Waals surface area (Å²) >= 11 is 12.1. The van der Waals surface area contributed by atoms with Gasteiger partial charge in [0.25, 0.3) is 0 Å². The predicted molar refractivity (Wildman–Crippen MR) is 80.7 cm³/mol. The van der Waals surface area contributed by atoms with E-state index in [1.54, 1.807) is 6.07 Å². The summed E-state index contributed by atoms with van der Waals surface area (Å²) in [5.74, 6) is 0. The summed E-state index contributed by atoms with van der Waals surface area (Å²) in [4.78, 5) is 4.09. The Hall–Kier alpha value is -1.09. The number of nitrogens with one attached hydrogen (secondary N) is 1. The fraction of sp³-hybridized carbons (Fsp3) is 0.267. The Kier molecular flexibility index (Phi) is 4.81. The molecule has 0 saturated heterocycles. The van der Waals surface area contributed by atoms with Crippen molar-refractivity contribution in [1.29, 1.82) is 0 Å². The molecule has 0 amide bonds. The number of hydrogen-bond donors (Lipinski definition) is 1. The summed E-state index contributed by atoms with van der Waals surface area (Å²) in [6.45, 7) is 4.93. The van der Waals surface area contributed by atoms with Crippen molar-refractivity contribution in [2.75, 3.05) is 0 Å². The Labute approximate surface area is 123 Å². The van der Waals surface area contributed by atoms with Crippen molar-refractivity contribution in [3.05, 3.63) is 63.4 Å². The molecule has 0 aliphatic rings. The second kappa shape index (κ2) is 6.38. The molecule has 19 heavy (non-hydrogen) atoms. The van der Waals surface area contributed by atoms with Gasteiger partial charge in [-0.1, -0.05) is 29.3 Å². The fourth-order valence-corrected chi connectivity index (χ4v) is 2.50. The van der Waals surface area contributed by atoms with Gasteiger partial charge in [0.15, 0.2) is 0 Å². The molecule has 0 fully saturated rings. The largest absolute Gasteiger partial charge is 0.306 e. The van der Waals surface area contributed by atoms with Crippen LogP contribution in [0.25, 0.3) is 0 Å². The van der Waals surface area contributed by atoms with Gasteiger partial charge in [-0.05, 0) is 48.7 Å². The van der Waals surface area contributed by atoms with E-state index >= 15 is 0 Å². The lowest BCUT2D eigenvalue weighted by Gasteiger charge is -2.16. The fourth-order valence-electron chi connectivity index (χ4n) is 1.93. The van der Waals surface area contributed by atoms with Crippen LogP contribution in [0.1, 0.15) is 29.7 Å². The molecule has 1 N–H and O–H groups in total. The first-order valence-electron chi connectivity index (χ1n) is 6.15. The Balaban J connectivity index is 2.05. The monoisotopic (exact) mass is 294 g/mol. The van der Waals surface area contributed by atoms with Crippen LogP contribution in [0.15, 0.2) is 36.7 Å². The normalized spacial score (nSPS) is 12.4. The van der Waals surface area contributed by atoms with E-state index in [4.69, 9.17) is 23.2 Å². The summed E-state index contributed by atoms with van der Waals surface area (Å²) in [7, 11) is 0. The van der Waals surface area contributed by atoms with Gasteiger partial charge in [-0.3, -0.25) is 4.98 Å². The van der Waals surface area contributed by atoms with Crippen LogP contribution in [0.3, 0.4) is 0 Å². The summed E-state index contributed by atoms with van der Waals surface area (Å²) in [6.07, 6.45) is 3.68. The van der Waals surface area contributed by atoms with Crippen LogP contribution in [0.5, 0.6) is 0 Å².